The molecular formula is C24H35NaO3S. The number of aryl methyl sites for hydroxylation is 2. The summed E-state index contributed by atoms with van der Waals surface area (Å²) in [7, 11) is -4.48. The van der Waals surface area contributed by atoms with E-state index in [1.54, 1.807) is 6.07 Å². The maximum atomic E-state index is 11.8. The Hall–Kier alpha value is -0.390. The molecule has 0 radical (unpaired) electrons. The Morgan fingerprint density at radius 2 is 1.34 bits per heavy atom. The summed E-state index contributed by atoms with van der Waals surface area (Å²) in [5.74, 6) is 0. The quantitative estimate of drug-likeness (QED) is 0.278. The van der Waals surface area contributed by atoms with Crippen molar-refractivity contribution >= 4 is 20.9 Å². The predicted octanol–water partition coefficient (Wildman–Crippen LogP) is 3.77. The number of hydrogen-bond donors (Lipinski definition) is 0. The normalized spacial score (nSPS) is 11.6. The Kier molecular flexibility index (Phi) is 12.7. The van der Waals surface area contributed by atoms with Crippen LogP contribution in [0.1, 0.15) is 89.2 Å². The second kappa shape index (κ2) is 13.8. The van der Waals surface area contributed by atoms with Crippen molar-refractivity contribution in [3.05, 3.63) is 41.5 Å². The van der Waals surface area contributed by atoms with Crippen LogP contribution in [0.4, 0.5) is 0 Å². The van der Waals surface area contributed by atoms with E-state index in [9.17, 15) is 13.0 Å². The van der Waals surface area contributed by atoms with Crippen molar-refractivity contribution in [1.29, 1.82) is 0 Å². The van der Waals surface area contributed by atoms with Crippen molar-refractivity contribution in [1.82, 2.24) is 0 Å². The van der Waals surface area contributed by atoms with Crippen molar-refractivity contribution in [2.45, 2.75) is 95.8 Å². The molecule has 0 aliphatic heterocycles. The predicted molar refractivity (Wildman–Crippen MR) is 117 cm³/mol. The fourth-order valence-electron chi connectivity index (χ4n) is 3.92. The minimum atomic E-state index is -4.48. The second-order valence-corrected chi connectivity index (χ2v) is 9.24. The van der Waals surface area contributed by atoms with Crippen LogP contribution in [0, 0.1) is 0 Å². The average molecular weight is 427 g/mol. The molecule has 3 nitrogen and oxygen atoms in total. The van der Waals surface area contributed by atoms with Gasteiger partial charge in [0.15, 0.2) is 0 Å². The fourth-order valence-corrected chi connectivity index (χ4v) is 4.61. The third kappa shape index (κ3) is 8.70. The Morgan fingerprint density at radius 1 is 0.759 bits per heavy atom. The second-order valence-electron chi connectivity index (χ2n) is 7.89. The van der Waals surface area contributed by atoms with Gasteiger partial charge in [0.25, 0.3) is 0 Å². The Morgan fingerprint density at radius 3 is 1.93 bits per heavy atom. The maximum absolute atomic E-state index is 11.8. The minimum Gasteiger partial charge on any atom is -0.744 e. The van der Waals surface area contributed by atoms with Crippen LogP contribution < -0.4 is 29.6 Å². The van der Waals surface area contributed by atoms with Crippen LogP contribution in [0.25, 0.3) is 10.8 Å². The molecule has 5 heteroatoms. The summed E-state index contributed by atoms with van der Waals surface area (Å²) in [4.78, 5) is -0.0786. The van der Waals surface area contributed by atoms with Crippen molar-refractivity contribution < 1.29 is 42.5 Å². The van der Waals surface area contributed by atoms with Crippen LogP contribution >= 0.6 is 0 Å². The van der Waals surface area contributed by atoms with Gasteiger partial charge in [-0.3, -0.25) is 0 Å². The van der Waals surface area contributed by atoms with Gasteiger partial charge < -0.3 is 4.55 Å². The Balaban J connectivity index is 0.00000420. The molecule has 0 atom stereocenters. The van der Waals surface area contributed by atoms with Crippen LogP contribution in [-0.2, 0) is 23.0 Å². The van der Waals surface area contributed by atoms with Gasteiger partial charge in [0, 0.05) is 0 Å². The summed E-state index contributed by atoms with van der Waals surface area (Å²) in [5.41, 5.74) is 2.34. The van der Waals surface area contributed by atoms with Crippen LogP contribution in [0.3, 0.4) is 0 Å². The third-order valence-corrected chi connectivity index (χ3v) is 6.38. The first-order chi connectivity index (χ1) is 13.5. The van der Waals surface area contributed by atoms with Crippen LogP contribution in [-0.4, -0.2) is 13.0 Å². The minimum absolute atomic E-state index is 0. The summed E-state index contributed by atoms with van der Waals surface area (Å²) >= 11 is 0. The first-order valence-electron chi connectivity index (χ1n) is 11.0. The molecule has 0 saturated heterocycles. The van der Waals surface area contributed by atoms with Gasteiger partial charge in [-0.05, 0) is 59.7 Å². The van der Waals surface area contributed by atoms with E-state index in [4.69, 9.17) is 0 Å². The number of fused-ring (bicyclic) bond motifs is 1. The topological polar surface area (TPSA) is 57.2 Å². The molecule has 0 N–H and O–H groups in total. The molecule has 0 unspecified atom stereocenters. The first kappa shape index (κ1) is 26.6. The van der Waals surface area contributed by atoms with Crippen molar-refractivity contribution in [3.8, 4) is 0 Å². The molecule has 2 aromatic carbocycles. The standard InChI is InChI=1S/C24H36O3S.Na/c1-3-5-7-9-11-14-20-18-21(15-12-10-8-6-4-2)22-16-13-17-24(23(22)19-20)28(25,26)27;/h13,16-19H,3-12,14-15H2,1-2H3,(H,25,26,27);/q;+1/p-1. The molecular weight excluding hydrogens is 391 g/mol. The van der Waals surface area contributed by atoms with Gasteiger partial charge in [0.2, 0.25) is 0 Å². The Bertz CT molecular complexity index is 847. The molecule has 0 bridgehead atoms. The Labute approximate surface area is 199 Å². The van der Waals surface area contributed by atoms with E-state index in [2.05, 4.69) is 19.9 Å². The zero-order chi connectivity index (χ0) is 20.4. The number of rotatable bonds is 13. The number of hydrogen-bond acceptors (Lipinski definition) is 3. The van der Waals surface area contributed by atoms with E-state index < -0.39 is 10.1 Å². The molecule has 2 rings (SSSR count). The van der Waals surface area contributed by atoms with Gasteiger partial charge in [0.1, 0.15) is 10.1 Å². The van der Waals surface area contributed by atoms with Crippen LogP contribution in [0.2, 0.25) is 0 Å². The van der Waals surface area contributed by atoms with E-state index >= 15 is 0 Å². The van der Waals surface area contributed by atoms with E-state index in [-0.39, 0.29) is 34.5 Å². The molecule has 2 aromatic rings. The molecule has 0 amide bonds. The molecule has 0 spiro atoms. The SMILES string of the molecule is CCCCCCCc1cc(CCCCCCC)c2cccc(S(=O)(=O)[O-])c2c1.[Na+]. The van der Waals surface area contributed by atoms with Crippen molar-refractivity contribution in [2.75, 3.05) is 0 Å². The monoisotopic (exact) mass is 426 g/mol. The third-order valence-electron chi connectivity index (χ3n) is 5.49. The van der Waals surface area contributed by atoms with Gasteiger partial charge in [-0.2, -0.15) is 0 Å². The summed E-state index contributed by atoms with van der Waals surface area (Å²) in [6.07, 6.45) is 13.9. The largest absolute Gasteiger partial charge is 1.00 e. The maximum Gasteiger partial charge on any atom is 1.00 e. The molecule has 0 aliphatic carbocycles. The molecule has 0 heterocycles. The van der Waals surface area contributed by atoms with Gasteiger partial charge in [-0.15, -0.1) is 0 Å². The van der Waals surface area contributed by atoms with E-state index in [1.807, 2.05) is 12.1 Å². The molecule has 0 fully saturated rings. The number of unbranched alkanes of at least 4 members (excludes halogenated alkanes) is 8. The van der Waals surface area contributed by atoms with Crippen molar-refractivity contribution in [2.24, 2.45) is 0 Å². The van der Waals surface area contributed by atoms with E-state index in [1.165, 1.54) is 63.0 Å². The zero-order valence-electron chi connectivity index (χ0n) is 18.5. The molecule has 29 heavy (non-hydrogen) atoms. The summed E-state index contributed by atoms with van der Waals surface area (Å²) in [5, 5.41) is 1.52. The van der Waals surface area contributed by atoms with E-state index in [0.717, 1.165) is 36.6 Å². The molecule has 0 aromatic heterocycles. The fraction of sp³-hybridized carbons (Fsp3) is 0.583. The summed E-state index contributed by atoms with van der Waals surface area (Å²) in [6, 6.07) is 9.26. The number of benzene rings is 2. The summed E-state index contributed by atoms with van der Waals surface area (Å²) < 4.78 is 35.3. The first-order valence-corrected chi connectivity index (χ1v) is 12.4. The average Bonchev–Trinajstić information content (AvgIpc) is 2.66. The van der Waals surface area contributed by atoms with Gasteiger partial charge in [0.05, 0.1) is 4.90 Å². The molecule has 0 aliphatic rings. The van der Waals surface area contributed by atoms with E-state index in [0.29, 0.717) is 5.39 Å². The summed E-state index contributed by atoms with van der Waals surface area (Å²) in [6.45, 7) is 4.42. The van der Waals surface area contributed by atoms with Crippen LogP contribution in [0.15, 0.2) is 35.2 Å². The van der Waals surface area contributed by atoms with Crippen LogP contribution in [0.5, 0.6) is 0 Å². The van der Waals surface area contributed by atoms with Gasteiger partial charge in [-0.1, -0.05) is 83.4 Å². The zero-order valence-corrected chi connectivity index (χ0v) is 21.3. The molecule has 0 saturated carbocycles. The van der Waals surface area contributed by atoms with Gasteiger partial charge >= 0.3 is 29.6 Å². The smallest absolute Gasteiger partial charge is 0.744 e. The molecule has 156 valence electrons. The van der Waals surface area contributed by atoms with Gasteiger partial charge in [-0.25, -0.2) is 8.42 Å². The van der Waals surface area contributed by atoms with Crippen molar-refractivity contribution in [3.63, 3.8) is 0 Å².